The molecule has 3 nitrogen and oxygen atoms in total. The number of aliphatic imine (C=N–C) groups is 1. The van der Waals surface area contributed by atoms with Crippen molar-refractivity contribution in [1.82, 2.24) is 10.6 Å². The minimum atomic E-state index is 0.473. The zero-order valence-corrected chi connectivity index (χ0v) is 9.96. The lowest BCUT2D eigenvalue weighted by Gasteiger charge is -2.09. The van der Waals surface area contributed by atoms with E-state index in [1.165, 1.54) is 11.1 Å². The normalized spacial score (nSPS) is 19.1. The predicted molar refractivity (Wildman–Crippen MR) is 67.8 cm³/mol. The molecule has 1 aliphatic rings. The molecule has 2 N–H and O–H groups in total. The van der Waals surface area contributed by atoms with Gasteiger partial charge in [0.2, 0.25) is 0 Å². The first-order valence-corrected chi connectivity index (χ1v) is 5.85. The zero-order chi connectivity index (χ0) is 11.4. The Kier molecular flexibility index (Phi) is 3.44. The molecule has 16 heavy (non-hydrogen) atoms. The van der Waals surface area contributed by atoms with E-state index in [9.17, 15) is 0 Å². The summed E-state index contributed by atoms with van der Waals surface area (Å²) in [4.78, 5) is 4.36. The third-order valence-corrected chi connectivity index (χ3v) is 2.85. The molecule has 86 valence electrons. The molecule has 0 fully saturated rings. The third kappa shape index (κ3) is 2.75. The summed E-state index contributed by atoms with van der Waals surface area (Å²) in [5.41, 5.74) is 2.76. The highest BCUT2D eigenvalue weighted by Crippen LogP contribution is 2.06. The van der Waals surface area contributed by atoms with Crippen LogP contribution in [-0.4, -0.2) is 25.1 Å². The molecule has 1 aliphatic heterocycles. The first-order chi connectivity index (χ1) is 7.75. The topological polar surface area (TPSA) is 36.4 Å². The molecule has 1 atom stereocenters. The van der Waals surface area contributed by atoms with E-state index in [4.69, 9.17) is 0 Å². The van der Waals surface area contributed by atoms with Crippen LogP contribution in [-0.2, 0) is 6.42 Å². The van der Waals surface area contributed by atoms with Crippen LogP contribution in [0.5, 0.6) is 0 Å². The van der Waals surface area contributed by atoms with E-state index >= 15 is 0 Å². The van der Waals surface area contributed by atoms with Crippen molar-refractivity contribution >= 4 is 5.96 Å². The highest BCUT2D eigenvalue weighted by molar-refractivity contribution is 5.81. The van der Waals surface area contributed by atoms with Gasteiger partial charge < -0.3 is 10.6 Å². The molecule has 0 saturated heterocycles. The van der Waals surface area contributed by atoms with E-state index in [2.05, 4.69) is 53.7 Å². The van der Waals surface area contributed by atoms with Crippen molar-refractivity contribution in [2.75, 3.05) is 13.1 Å². The second kappa shape index (κ2) is 5.01. The minimum Gasteiger partial charge on any atom is -0.356 e. The molecule has 0 aromatic heterocycles. The van der Waals surface area contributed by atoms with Crippen LogP contribution >= 0.6 is 0 Å². The maximum atomic E-state index is 4.36. The molecule has 0 bridgehead atoms. The minimum absolute atomic E-state index is 0.473. The van der Waals surface area contributed by atoms with Gasteiger partial charge in [0.1, 0.15) is 0 Å². The molecule has 0 spiro atoms. The summed E-state index contributed by atoms with van der Waals surface area (Å²) in [5, 5.41) is 6.62. The molecule has 1 aromatic rings. The number of nitrogens with one attached hydrogen (secondary N) is 2. The molecule has 3 heteroatoms. The molecular formula is C13H19N3. The first kappa shape index (κ1) is 11.0. The number of hydrogen-bond donors (Lipinski definition) is 2. The molecular weight excluding hydrogens is 198 g/mol. The van der Waals surface area contributed by atoms with Crippen LogP contribution in [0.3, 0.4) is 0 Å². The maximum absolute atomic E-state index is 4.36. The Morgan fingerprint density at radius 2 is 2.25 bits per heavy atom. The SMILES string of the molecule is Cc1ccccc1CCNC1=NCC(C)N1. The Morgan fingerprint density at radius 3 is 2.94 bits per heavy atom. The van der Waals surface area contributed by atoms with Gasteiger partial charge in [-0.05, 0) is 31.4 Å². The number of guanidine groups is 1. The lowest BCUT2D eigenvalue weighted by Crippen LogP contribution is -2.38. The average Bonchev–Trinajstić information content (AvgIpc) is 2.67. The number of rotatable bonds is 3. The highest BCUT2D eigenvalue weighted by atomic mass is 15.2. The van der Waals surface area contributed by atoms with Crippen molar-refractivity contribution in [2.45, 2.75) is 26.3 Å². The summed E-state index contributed by atoms with van der Waals surface area (Å²) in [7, 11) is 0. The second-order valence-electron chi connectivity index (χ2n) is 4.34. The van der Waals surface area contributed by atoms with Crippen LogP contribution in [0, 0.1) is 6.92 Å². The Balaban J connectivity index is 1.78. The van der Waals surface area contributed by atoms with Gasteiger partial charge >= 0.3 is 0 Å². The summed E-state index contributed by atoms with van der Waals surface area (Å²) < 4.78 is 0. The third-order valence-electron chi connectivity index (χ3n) is 2.85. The Hall–Kier alpha value is -1.51. The van der Waals surface area contributed by atoms with Crippen LogP contribution in [0.15, 0.2) is 29.3 Å². The average molecular weight is 217 g/mol. The van der Waals surface area contributed by atoms with Crippen molar-refractivity contribution < 1.29 is 0 Å². The van der Waals surface area contributed by atoms with E-state index in [0.29, 0.717) is 6.04 Å². The van der Waals surface area contributed by atoms with Crippen molar-refractivity contribution in [1.29, 1.82) is 0 Å². The quantitative estimate of drug-likeness (QED) is 0.804. The fraction of sp³-hybridized carbons (Fsp3) is 0.462. The van der Waals surface area contributed by atoms with Crippen molar-refractivity contribution in [3.05, 3.63) is 35.4 Å². The molecule has 1 aromatic carbocycles. The zero-order valence-electron chi connectivity index (χ0n) is 9.96. The summed E-state index contributed by atoms with van der Waals surface area (Å²) in [6.45, 7) is 6.11. The van der Waals surface area contributed by atoms with Crippen LogP contribution in [0.1, 0.15) is 18.1 Å². The second-order valence-corrected chi connectivity index (χ2v) is 4.34. The largest absolute Gasteiger partial charge is 0.356 e. The lowest BCUT2D eigenvalue weighted by molar-refractivity contribution is 0.712. The van der Waals surface area contributed by atoms with E-state index in [-0.39, 0.29) is 0 Å². The first-order valence-electron chi connectivity index (χ1n) is 5.85. The number of aryl methyl sites for hydroxylation is 1. The number of benzene rings is 1. The number of hydrogen-bond acceptors (Lipinski definition) is 3. The standard InChI is InChI=1S/C13H19N3/c1-10-5-3-4-6-12(10)7-8-14-13-15-9-11(2)16-13/h3-6,11H,7-9H2,1-2H3,(H2,14,15,16). The maximum Gasteiger partial charge on any atom is 0.191 e. The molecule has 0 saturated carbocycles. The van der Waals surface area contributed by atoms with Crippen molar-refractivity contribution in [3.8, 4) is 0 Å². The van der Waals surface area contributed by atoms with E-state index in [1.807, 2.05) is 0 Å². The monoisotopic (exact) mass is 217 g/mol. The van der Waals surface area contributed by atoms with Gasteiger partial charge in [-0.2, -0.15) is 0 Å². The molecule has 0 radical (unpaired) electrons. The van der Waals surface area contributed by atoms with Crippen molar-refractivity contribution in [2.24, 2.45) is 4.99 Å². The molecule has 0 amide bonds. The Morgan fingerprint density at radius 1 is 1.44 bits per heavy atom. The van der Waals surface area contributed by atoms with E-state index in [1.54, 1.807) is 0 Å². The van der Waals surface area contributed by atoms with Gasteiger partial charge in [0.15, 0.2) is 5.96 Å². The Bertz CT molecular complexity index is 385. The van der Waals surface area contributed by atoms with Gasteiger partial charge in [0.25, 0.3) is 0 Å². The fourth-order valence-electron chi connectivity index (χ4n) is 1.87. The van der Waals surface area contributed by atoms with Gasteiger partial charge in [0, 0.05) is 12.6 Å². The summed E-state index contributed by atoms with van der Waals surface area (Å²) in [5.74, 6) is 0.945. The van der Waals surface area contributed by atoms with Gasteiger partial charge in [-0.1, -0.05) is 24.3 Å². The van der Waals surface area contributed by atoms with Crippen LogP contribution in [0.4, 0.5) is 0 Å². The summed E-state index contributed by atoms with van der Waals surface area (Å²) >= 11 is 0. The summed E-state index contributed by atoms with van der Waals surface area (Å²) in [6.07, 6.45) is 1.04. The predicted octanol–water partition coefficient (Wildman–Crippen LogP) is 1.47. The number of nitrogens with zero attached hydrogens (tertiary/aromatic N) is 1. The highest BCUT2D eigenvalue weighted by Gasteiger charge is 2.11. The van der Waals surface area contributed by atoms with Gasteiger partial charge in [-0.25, -0.2) is 0 Å². The fourth-order valence-corrected chi connectivity index (χ4v) is 1.87. The molecule has 0 aliphatic carbocycles. The smallest absolute Gasteiger partial charge is 0.191 e. The molecule has 1 unspecified atom stereocenters. The van der Waals surface area contributed by atoms with E-state index < -0.39 is 0 Å². The van der Waals surface area contributed by atoms with Gasteiger partial charge in [0.05, 0.1) is 6.54 Å². The van der Waals surface area contributed by atoms with E-state index in [0.717, 1.165) is 25.5 Å². The lowest BCUT2D eigenvalue weighted by atomic mass is 10.1. The van der Waals surface area contributed by atoms with Gasteiger partial charge in [-0.3, -0.25) is 4.99 Å². The Labute approximate surface area is 97.0 Å². The van der Waals surface area contributed by atoms with Crippen LogP contribution < -0.4 is 10.6 Å². The molecule has 1 heterocycles. The van der Waals surface area contributed by atoms with Crippen LogP contribution in [0.2, 0.25) is 0 Å². The van der Waals surface area contributed by atoms with Crippen molar-refractivity contribution in [3.63, 3.8) is 0 Å². The van der Waals surface area contributed by atoms with Crippen LogP contribution in [0.25, 0.3) is 0 Å². The van der Waals surface area contributed by atoms with Gasteiger partial charge in [-0.15, -0.1) is 0 Å². The summed E-state index contributed by atoms with van der Waals surface area (Å²) in [6, 6.07) is 8.99. The molecule has 2 rings (SSSR count).